The Labute approximate surface area is 183 Å². The molecule has 1 aliphatic heterocycles. The minimum Gasteiger partial charge on any atom is -0.480 e. The maximum atomic E-state index is 12.5. The van der Waals surface area contributed by atoms with Crippen LogP contribution in [-0.2, 0) is 9.59 Å². The quantitative estimate of drug-likeness (QED) is 0.493. The monoisotopic (exact) mass is 431 g/mol. The summed E-state index contributed by atoms with van der Waals surface area (Å²) in [6.07, 6.45) is 2.11. The molecule has 1 aromatic carbocycles. The molecular weight excluding hydrogens is 410 g/mol. The van der Waals surface area contributed by atoms with Gasteiger partial charge < -0.3 is 19.7 Å². The highest BCUT2D eigenvalue weighted by atomic mass is 16.4. The maximum Gasteiger partial charge on any atom is 0.326 e. The van der Waals surface area contributed by atoms with Crippen molar-refractivity contribution in [1.82, 2.24) is 15.0 Å². The number of nitrogens with one attached hydrogen (secondary N) is 1. The van der Waals surface area contributed by atoms with Crippen LogP contribution in [0.4, 0.5) is 11.6 Å². The van der Waals surface area contributed by atoms with Gasteiger partial charge >= 0.3 is 5.97 Å². The SMILES string of the molecule is Cc1nc(N2C[C@@H](CC(=O)Nc3ccccn3)C[C@H]2C(=O)O)c2oc3ccccc3c2n1. The summed E-state index contributed by atoms with van der Waals surface area (Å²) in [4.78, 5) is 39.5. The Balaban J connectivity index is 1.45. The van der Waals surface area contributed by atoms with E-state index in [1.54, 1.807) is 36.2 Å². The van der Waals surface area contributed by atoms with Crippen molar-refractivity contribution in [2.75, 3.05) is 16.8 Å². The summed E-state index contributed by atoms with van der Waals surface area (Å²) >= 11 is 0. The van der Waals surface area contributed by atoms with Crippen LogP contribution >= 0.6 is 0 Å². The zero-order chi connectivity index (χ0) is 22.2. The van der Waals surface area contributed by atoms with Gasteiger partial charge in [-0.05, 0) is 43.5 Å². The van der Waals surface area contributed by atoms with Gasteiger partial charge in [0.15, 0.2) is 11.4 Å². The largest absolute Gasteiger partial charge is 0.480 e. The van der Waals surface area contributed by atoms with E-state index >= 15 is 0 Å². The number of nitrogens with zero attached hydrogens (tertiary/aromatic N) is 4. The van der Waals surface area contributed by atoms with E-state index in [1.807, 2.05) is 24.3 Å². The minimum absolute atomic E-state index is 0.158. The molecule has 1 amide bonds. The number of hydrogen-bond donors (Lipinski definition) is 2. The molecule has 2 N–H and O–H groups in total. The molecular formula is C23H21N5O4. The summed E-state index contributed by atoms with van der Waals surface area (Å²) in [5.41, 5.74) is 1.78. The number of furan rings is 1. The summed E-state index contributed by atoms with van der Waals surface area (Å²) in [5.74, 6) is 0.126. The van der Waals surface area contributed by atoms with E-state index in [-0.39, 0.29) is 18.2 Å². The summed E-state index contributed by atoms with van der Waals surface area (Å²) in [6, 6.07) is 12.0. The molecule has 2 atom stereocenters. The van der Waals surface area contributed by atoms with E-state index in [9.17, 15) is 14.7 Å². The molecule has 1 saturated heterocycles. The van der Waals surface area contributed by atoms with Crippen molar-refractivity contribution in [3.8, 4) is 0 Å². The summed E-state index contributed by atoms with van der Waals surface area (Å²) in [7, 11) is 0. The number of pyridine rings is 1. The zero-order valence-electron chi connectivity index (χ0n) is 17.4. The number of carbonyl (C=O) groups excluding carboxylic acids is 1. The Hall–Kier alpha value is -4.01. The van der Waals surface area contributed by atoms with Gasteiger partial charge in [0.1, 0.15) is 28.8 Å². The third kappa shape index (κ3) is 3.62. The standard InChI is InChI=1S/C23H21N5O4/c1-13-25-20-15-6-2-3-7-17(15)32-21(20)22(26-13)28-12-14(10-16(28)23(30)31)11-19(29)27-18-8-4-5-9-24-18/h2-9,14,16H,10-12H2,1H3,(H,30,31)(H,24,27,29)/t14-,16+/m1/s1. The third-order valence-electron chi connectivity index (χ3n) is 5.66. The number of fused-ring (bicyclic) bond motifs is 3. The number of para-hydroxylation sites is 1. The van der Waals surface area contributed by atoms with Crippen LogP contribution in [0.25, 0.3) is 22.1 Å². The lowest BCUT2D eigenvalue weighted by Crippen LogP contribution is -2.36. The van der Waals surface area contributed by atoms with Crippen LogP contribution in [0.5, 0.6) is 0 Å². The van der Waals surface area contributed by atoms with Crippen molar-refractivity contribution in [3.63, 3.8) is 0 Å². The van der Waals surface area contributed by atoms with Crippen molar-refractivity contribution < 1.29 is 19.1 Å². The fourth-order valence-corrected chi connectivity index (χ4v) is 4.31. The van der Waals surface area contributed by atoms with Gasteiger partial charge in [0.25, 0.3) is 0 Å². The van der Waals surface area contributed by atoms with Gasteiger partial charge in [-0.25, -0.2) is 19.7 Å². The lowest BCUT2D eigenvalue weighted by Gasteiger charge is -2.22. The van der Waals surface area contributed by atoms with E-state index < -0.39 is 12.0 Å². The number of aryl methyl sites for hydroxylation is 1. The molecule has 162 valence electrons. The molecule has 4 heterocycles. The minimum atomic E-state index is -0.960. The Morgan fingerprint density at radius 3 is 2.78 bits per heavy atom. The predicted molar refractivity (Wildman–Crippen MR) is 118 cm³/mol. The normalized spacial score (nSPS) is 18.3. The van der Waals surface area contributed by atoms with Gasteiger partial charge in [0, 0.05) is 24.5 Å². The molecule has 0 spiro atoms. The van der Waals surface area contributed by atoms with Crippen molar-refractivity contribution in [2.24, 2.45) is 5.92 Å². The molecule has 32 heavy (non-hydrogen) atoms. The van der Waals surface area contributed by atoms with Crippen molar-refractivity contribution >= 4 is 45.6 Å². The molecule has 9 nitrogen and oxygen atoms in total. The van der Waals surface area contributed by atoms with Gasteiger partial charge in [0.05, 0.1) is 0 Å². The van der Waals surface area contributed by atoms with Crippen LogP contribution < -0.4 is 10.2 Å². The molecule has 0 aliphatic carbocycles. The number of amides is 1. The molecule has 1 aliphatic rings. The third-order valence-corrected chi connectivity index (χ3v) is 5.66. The lowest BCUT2D eigenvalue weighted by molar-refractivity contribution is -0.138. The highest BCUT2D eigenvalue weighted by molar-refractivity contribution is 6.06. The van der Waals surface area contributed by atoms with Gasteiger partial charge in [-0.15, -0.1) is 0 Å². The molecule has 9 heteroatoms. The van der Waals surface area contributed by atoms with Gasteiger partial charge in [0.2, 0.25) is 5.91 Å². The summed E-state index contributed by atoms with van der Waals surface area (Å²) < 4.78 is 6.03. The molecule has 0 saturated carbocycles. The molecule has 0 radical (unpaired) electrons. The second kappa shape index (κ2) is 7.92. The average Bonchev–Trinajstić information content (AvgIpc) is 3.35. The highest BCUT2D eigenvalue weighted by Gasteiger charge is 2.40. The van der Waals surface area contributed by atoms with E-state index in [4.69, 9.17) is 4.42 Å². The molecule has 0 unspecified atom stereocenters. The lowest BCUT2D eigenvalue weighted by atomic mass is 10.0. The second-order valence-corrected chi connectivity index (χ2v) is 7.95. The van der Waals surface area contributed by atoms with Crippen LogP contribution in [-0.4, -0.2) is 44.5 Å². The first-order chi connectivity index (χ1) is 15.5. The van der Waals surface area contributed by atoms with Crippen molar-refractivity contribution in [1.29, 1.82) is 0 Å². The van der Waals surface area contributed by atoms with E-state index in [1.165, 1.54) is 0 Å². The number of aliphatic carboxylic acids is 1. The Morgan fingerprint density at radius 2 is 2.00 bits per heavy atom. The number of aromatic nitrogens is 3. The Bertz CT molecular complexity index is 1320. The zero-order valence-corrected chi connectivity index (χ0v) is 17.4. The van der Waals surface area contributed by atoms with Crippen LogP contribution in [0, 0.1) is 12.8 Å². The molecule has 3 aromatic heterocycles. The number of carboxylic acids is 1. The van der Waals surface area contributed by atoms with E-state index in [2.05, 4.69) is 20.3 Å². The van der Waals surface area contributed by atoms with Crippen molar-refractivity contribution in [3.05, 3.63) is 54.5 Å². The first kappa shape index (κ1) is 19.9. The molecule has 5 rings (SSSR count). The van der Waals surface area contributed by atoms with E-state index in [0.717, 1.165) is 5.39 Å². The maximum absolute atomic E-state index is 12.5. The number of carbonyl (C=O) groups is 2. The van der Waals surface area contributed by atoms with E-state index in [0.29, 0.717) is 47.1 Å². The second-order valence-electron chi connectivity index (χ2n) is 7.95. The fraction of sp³-hybridized carbons (Fsp3) is 0.261. The van der Waals surface area contributed by atoms with Crippen LogP contribution in [0.1, 0.15) is 18.7 Å². The topological polar surface area (TPSA) is 121 Å². The smallest absolute Gasteiger partial charge is 0.326 e. The van der Waals surface area contributed by atoms with Crippen molar-refractivity contribution in [2.45, 2.75) is 25.8 Å². The van der Waals surface area contributed by atoms with Gasteiger partial charge in [-0.1, -0.05) is 18.2 Å². The van der Waals surface area contributed by atoms with Gasteiger partial charge in [-0.3, -0.25) is 4.79 Å². The predicted octanol–water partition coefficient (Wildman–Crippen LogP) is 3.39. The first-order valence-corrected chi connectivity index (χ1v) is 10.4. The molecule has 0 bridgehead atoms. The number of anilines is 2. The van der Waals surface area contributed by atoms with Crippen LogP contribution in [0.2, 0.25) is 0 Å². The molecule has 4 aromatic rings. The number of benzene rings is 1. The van der Waals surface area contributed by atoms with Gasteiger partial charge in [-0.2, -0.15) is 0 Å². The average molecular weight is 431 g/mol. The number of hydrogen-bond acceptors (Lipinski definition) is 7. The summed E-state index contributed by atoms with van der Waals surface area (Å²) in [6.45, 7) is 2.14. The number of carboxylic acid groups (broad SMARTS) is 1. The van der Waals surface area contributed by atoms with Crippen LogP contribution in [0.15, 0.2) is 53.1 Å². The highest BCUT2D eigenvalue weighted by Crippen LogP contribution is 2.37. The fourth-order valence-electron chi connectivity index (χ4n) is 4.31. The summed E-state index contributed by atoms with van der Waals surface area (Å²) in [5, 5.41) is 13.5. The number of rotatable bonds is 5. The van der Waals surface area contributed by atoms with Crippen LogP contribution in [0.3, 0.4) is 0 Å². The Morgan fingerprint density at radius 1 is 1.19 bits per heavy atom. The Kier molecular flexibility index (Phi) is 4.93. The first-order valence-electron chi connectivity index (χ1n) is 10.4. The molecule has 1 fully saturated rings.